The maximum absolute atomic E-state index is 12.6. The molecule has 0 saturated carbocycles. The Morgan fingerprint density at radius 1 is 1.41 bits per heavy atom. The van der Waals surface area contributed by atoms with Crippen molar-refractivity contribution in [2.75, 3.05) is 20.6 Å². The van der Waals surface area contributed by atoms with Crippen molar-refractivity contribution in [1.29, 1.82) is 0 Å². The van der Waals surface area contributed by atoms with Crippen LogP contribution in [-0.4, -0.2) is 31.7 Å². The highest BCUT2D eigenvalue weighted by Gasteiger charge is 2.07. The Balaban J connectivity index is 0.00000256. The molecule has 0 spiro atoms. The van der Waals surface area contributed by atoms with Crippen molar-refractivity contribution in [1.82, 2.24) is 10.6 Å². The van der Waals surface area contributed by atoms with Crippen LogP contribution < -0.4 is 10.6 Å². The Labute approximate surface area is 117 Å². The zero-order valence-corrected chi connectivity index (χ0v) is 12.1. The molecule has 17 heavy (non-hydrogen) atoms. The molecule has 0 amide bonds. The van der Waals surface area contributed by atoms with Gasteiger partial charge in [-0.3, -0.25) is 4.99 Å². The molecule has 4 nitrogen and oxygen atoms in total. The highest BCUT2D eigenvalue weighted by Crippen LogP contribution is 2.12. The van der Waals surface area contributed by atoms with Crippen LogP contribution in [0, 0.1) is 5.82 Å². The van der Waals surface area contributed by atoms with Crippen molar-refractivity contribution < 1.29 is 9.50 Å². The number of nitrogens with zero attached hydrogens (tertiary/aromatic N) is 1. The van der Waals surface area contributed by atoms with E-state index in [-0.39, 0.29) is 29.8 Å². The molecule has 0 saturated heterocycles. The van der Waals surface area contributed by atoms with E-state index in [1.165, 1.54) is 12.1 Å². The van der Waals surface area contributed by atoms with Gasteiger partial charge in [-0.15, -0.1) is 24.0 Å². The number of nitrogens with one attached hydrogen (secondary N) is 2. The topological polar surface area (TPSA) is 56.7 Å². The molecule has 1 aromatic carbocycles. The van der Waals surface area contributed by atoms with Gasteiger partial charge >= 0.3 is 0 Å². The van der Waals surface area contributed by atoms with Gasteiger partial charge in [-0.2, -0.15) is 0 Å². The smallest absolute Gasteiger partial charge is 0.190 e. The van der Waals surface area contributed by atoms with Crippen LogP contribution in [0.15, 0.2) is 29.3 Å². The molecule has 0 heterocycles. The van der Waals surface area contributed by atoms with Gasteiger partial charge in [0.1, 0.15) is 5.82 Å². The number of benzene rings is 1. The average Bonchev–Trinajstić information content (AvgIpc) is 2.31. The second-order valence-electron chi connectivity index (χ2n) is 3.27. The molecule has 1 rings (SSSR count). The SMILES string of the molecule is CN=C(NC)NCC(O)c1ccc(F)cc1.I. The minimum atomic E-state index is -0.689. The predicted molar refractivity (Wildman–Crippen MR) is 77.2 cm³/mol. The molecule has 6 heteroatoms. The van der Waals surface area contributed by atoms with E-state index in [4.69, 9.17) is 0 Å². The van der Waals surface area contributed by atoms with Crippen molar-refractivity contribution in [3.63, 3.8) is 0 Å². The molecule has 0 aliphatic carbocycles. The third kappa shape index (κ3) is 5.31. The third-order valence-corrected chi connectivity index (χ3v) is 2.18. The van der Waals surface area contributed by atoms with Crippen LogP contribution in [0.1, 0.15) is 11.7 Å². The molecule has 0 radical (unpaired) electrons. The summed E-state index contributed by atoms with van der Waals surface area (Å²) in [6, 6.07) is 5.77. The summed E-state index contributed by atoms with van der Waals surface area (Å²) >= 11 is 0. The van der Waals surface area contributed by atoms with Crippen LogP contribution in [-0.2, 0) is 0 Å². The first-order valence-electron chi connectivity index (χ1n) is 4.99. The predicted octanol–water partition coefficient (Wildman–Crippen LogP) is 1.27. The zero-order chi connectivity index (χ0) is 12.0. The van der Waals surface area contributed by atoms with Crippen LogP contribution in [0.3, 0.4) is 0 Å². The number of halogens is 2. The fourth-order valence-electron chi connectivity index (χ4n) is 1.28. The molecule has 96 valence electrons. The summed E-state index contributed by atoms with van der Waals surface area (Å²) in [6.07, 6.45) is -0.689. The molecule has 1 aromatic rings. The summed E-state index contributed by atoms with van der Waals surface area (Å²) in [4.78, 5) is 3.91. The Morgan fingerprint density at radius 3 is 2.47 bits per heavy atom. The van der Waals surface area contributed by atoms with E-state index < -0.39 is 6.10 Å². The quantitative estimate of drug-likeness (QED) is 0.436. The Kier molecular flexibility index (Phi) is 7.81. The lowest BCUT2D eigenvalue weighted by Crippen LogP contribution is -2.37. The van der Waals surface area contributed by atoms with Crippen LogP contribution in [0.5, 0.6) is 0 Å². The first-order chi connectivity index (χ1) is 7.67. The summed E-state index contributed by atoms with van der Waals surface area (Å²) in [7, 11) is 3.38. The molecule has 0 aromatic heterocycles. The van der Waals surface area contributed by atoms with E-state index in [1.54, 1.807) is 26.2 Å². The highest BCUT2D eigenvalue weighted by molar-refractivity contribution is 14.0. The third-order valence-electron chi connectivity index (χ3n) is 2.18. The van der Waals surface area contributed by atoms with Crippen molar-refractivity contribution in [2.24, 2.45) is 4.99 Å². The van der Waals surface area contributed by atoms with Gasteiger partial charge in [0.15, 0.2) is 5.96 Å². The number of rotatable bonds is 3. The second kappa shape index (κ2) is 8.24. The maximum atomic E-state index is 12.6. The largest absolute Gasteiger partial charge is 0.387 e. The number of hydrogen-bond donors (Lipinski definition) is 3. The average molecular weight is 353 g/mol. The summed E-state index contributed by atoms with van der Waals surface area (Å²) in [5.74, 6) is 0.288. The molecule has 1 unspecified atom stereocenters. The minimum Gasteiger partial charge on any atom is -0.387 e. The van der Waals surface area contributed by atoms with Gasteiger partial charge in [-0.25, -0.2) is 4.39 Å². The summed E-state index contributed by atoms with van der Waals surface area (Å²) < 4.78 is 12.6. The lowest BCUT2D eigenvalue weighted by Gasteiger charge is -2.13. The monoisotopic (exact) mass is 353 g/mol. The first kappa shape index (κ1) is 16.1. The van der Waals surface area contributed by atoms with Gasteiger partial charge in [0.05, 0.1) is 6.10 Å². The lowest BCUT2D eigenvalue weighted by molar-refractivity contribution is 0.181. The number of hydrogen-bond acceptors (Lipinski definition) is 2. The number of aliphatic imine (C=N–C) groups is 1. The van der Waals surface area contributed by atoms with E-state index in [0.29, 0.717) is 18.1 Å². The standard InChI is InChI=1S/C11H16FN3O.HI/c1-13-11(14-2)15-7-10(16)8-3-5-9(12)6-4-8;/h3-6,10,16H,7H2,1-2H3,(H2,13,14,15);1H. The van der Waals surface area contributed by atoms with Crippen molar-refractivity contribution in [3.8, 4) is 0 Å². The van der Waals surface area contributed by atoms with E-state index >= 15 is 0 Å². The highest BCUT2D eigenvalue weighted by atomic mass is 127. The fourth-order valence-corrected chi connectivity index (χ4v) is 1.28. The van der Waals surface area contributed by atoms with Gasteiger partial charge < -0.3 is 15.7 Å². The fraction of sp³-hybridized carbons (Fsp3) is 0.364. The molecule has 0 bridgehead atoms. The van der Waals surface area contributed by atoms with Gasteiger partial charge in [-0.1, -0.05) is 12.1 Å². The summed E-state index contributed by atoms with van der Waals surface area (Å²) in [6.45, 7) is 0.319. The molecule has 0 fully saturated rings. The van der Waals surface area contributed by atoms with Gasteiger partial charge in [-0.05, 0) is 17.7 Å². The van der Waals surface area contributed by atoms with Crippen LogP contribution in [0.2, 0.25) is 0 Å². The number of aliphatic hydroxyl groups is 1. The second-order valence-corrected chi connectivity index (χ2v) is 3.27. The van der Waals surface area contributed by atoms with E-state index in [9.17, 15) is 9.50 Å². The lowest BCUT2D eigenvalue weighted by atomic mass is 10.1. The number of aliphatic hydroxyl groups excluding tert-OH is 1. The number of guanidine groups is 1. The zero-order valence-electron chi connectivity index (χ0n) is 9.77. The maximum Gasteiger partial charge on any atom is 0.190 e. The first-order valence-corrected chi connectivity index (χ1v) is 4.99. The molecular weight excluding hydrogens is 336 g/mol. The van der Waals surface area contributed by atoms with E-state index in [2.05, 4.69) is 15.6 Å². The van der Waals surface area contributed by atoms with Crippen molar-refractivity contribution in [2.45, 2.75) is 6.10 Å². The van der Waals surface area contributed by atoms with Crippen molar-refractivity contribution in [3.05, 3.63) is 35.6 Å². The summed E-state index contributed by atoms with van der Waals surface area (Å²) in [5.41, 5.74) is 0.667. The van der Waals surface area contributed by atoms with Gasteiger partial charge in [0.2, 0.25) is 0 Å². The van der Waals surface area contributed by atoms with E-state index in [0.717, 1.165) is 0 Å². The van der Waals surface area contributed by atoms with Crippen LogP contribution in [0.25, 0.3) is 0 Å². The normalized spacial score (nSPS) is 12.6. The van der Waals surface area contributed by atoms with Crippen molar-refractivity contribution >= 4 is 29.9 Å². The van der Waals surface area contributed by atoms with Gasteiger partial charge in [0, 0.05) is 20.6 Å². The van der Waals surface area contributed by atoms with Gasteiger partial charge in [0.25, 0.3) is 0 Å². The Hall–Kier alpha value is -0.890. The minimum absolute atomic E-state index is 0. The summed E-state index contributed by atoms with van der Waals surface area (Å²) in [5, 5.41) is 15.5. The molecule has 0 aliphatic heterocycles. The van der Waals surface area contributed by atoms with Crippen LogP contribution in [0.4, 0.5) is 4.39 Å². The Bertz CT molecular complexity index is 356. The molecule has 3 N–H and O–H groups in total. The Morgan fingerprint density at radius 2 is 2.00 bits per heavy atom. The molecule has 0 aliphatic rings. The van der Waals surface area contributed by atoms with Crippen LogP contribution >= 0.6 is 24.0 Å². The molecule has 1 atom stereocenters. The van der Waals surface area contributed by atoms with E-state index in [1.807, 2.05) is 0 Å². The molecular formula is C11H17FIN3O.